The van der Waals surface area contributed by atoms with Gasteiger partial charge in [0.2, 0.25) is 0 Å². The van der Waals surface area contributed by atoms with Gasteiger partial charge in [-0.15, -0.1) is 21.5 Å². The largest absolute Gasteiger partial charge is 0.309 e. The second-order valence-corrected chi connectivity index (χ2v) is 7.78. The first-order valence-electron chi connectivity index (χ1n) is 7.74. The highest BCUT2D eigenvalue weighted by Crippen LogP contribution is 2.39. The van der Waals surface area contributed by atoms with Crippen LogP contribution in [0.3, 0.4) is 0 Å². The first-order chi connectivity index (χ1) is 11.2. The third kappa shape index (κ3) is 3.19. The minimum atomic E-state index is 0.633. The zero-order valence-corrected chi connectivity index (χ0v) is 14.8. The van der Waals surface area contributed by atoms with E-state index in [1.54, 1.807) is 23.1 Å². The van der Waals surface area contributed by atoms with E-state index in [1.165, 1.54) is 24.0 Å². The van der Waals surface area contributed by atoms with Crippen molar-refractivity contribution in [1.82, 2.24) is 19.7 Å². The number of hydrogen-bond donors (Lipinski definition) is 0. The molecule has 1 fully saturated rings. The van der Waals surface area contributed by atoms with Crippen molar-refractivity contribution in [1.29, 1.82) is 0 Å². The molecule has 0 unspecified atom stereocenters. The molecular weight excluding hydrogens is 324 g/mol. The lowest BCUT2D eigenvalue weighted by Gasteiger charge is -2.01. The summed E-state index contributed by atoms with van der Waals surface area (Å²) in [6.45, 7) is 2.11. The summed E-state index contributed by atoms with van der Waals surface area (Å²) in [6.07, 6.45) is 2.51. The molecule has 4 rings (SSSR count). The first-order valence-corrected chi connectivity index (χ1v) is 9.61. The maximum absolute atomic E-state index is 4.76. The Morgan fingerprint density at radius 2 is 2.17 bits per heavy atom. The zero-order valence-electron chi connectivity index (χ0n) is 13.2. The van der Waals surface area contributed by atoms with Crippen LogP contribution in [0.25, 0.3) is 10.6 Å². The standard InChI is InChI=1S/C17H18N4S2/c1-11-4-3-5-13(8-11)16-18-14(9-22-16)10-23-17-20-19-15(21(17)2)12-6-7-12/h3-5,8-9,12H,6-7,10H2,1-2H3. The monoisotopic (exact) mass is 342 g/mol. The van der Waals surface area contributed by atoms with Crippen molar-refractivity contribution in [2.75, 3.05) is 0 Å². The summed E-state index contributed by atoms with van der Waals surface area (Å²) in [4.78, 5) is 4.76. The van der Waals surface area contributed by atoms with E-state index in [9.17, 15) is 0 Å². The quantitative estimate of drug-likeness (QED) is 0.644. The highest BCUT2D eigenvalue weighted by Gasteiger charge is 2.29. The predicted molar refractivity (Wildman–Crippen MR) is 94.8 cm³/mol. The lowest BCUT2D eigenvalue weighted by Crippen LogP contribution is -1.97. The summed E-state index contributed by atoms with van der Waals surface area (Å²) in [5, 5.41) is 12.9. The van der Waals surface area contributed by atoms with Gasteiger partial charge < -0.3 is 4.57 Å². The van der Waals surface area contributed by atoms with Gasteiger partial charge in [0.15, 0.2) is 5.16 Å². The minimum absolute atomic E-state index is 0.633. The van der Waals surface area contributed by atoms with Crippen LogP contribution in [0.15, 0.2) is 34.8 Å². The lowest BCUT2D eigenvalue weighted by atomic mass is 10.1. The van der Waals surface area contributed by atoms with Crippen molar-refractivity contribution < 1.29 is 0 Å². The van der Waals surface area contributed by atoms with Gasteiger partial charge in [-0.1, -0.05) is 35.5 Å². The van der Waals surface area contributed by atoms with Gasteiger partial charge in [0.25, 0.3) is 0 Å². The Morgan fingerprint density at radius 1 is 1.30 bits per heavy atom. The Morgan fingerprint density at radius 3 is 2.96 bits per heavy atom. The first kappa shape index (κ1) is 14.9. The van der Waals surface area contributed by atoms with Crippen LogP contribution in [0.5, 0.6) is 0 Å². The molecule has 0 spiro atoms. The molecule has 0 aliphatic heterocycles. The fraction of sp³-hybridized carbons (Fsp3) is 0.353. The third-order valence-corrected chi connectivity index (χ3v) is 5.97. The van der Waals surface area contributed by atoms with Crippen molar-refractivity contribution >= 4 is 23.1 Å². The van der Waals surface area contributed by atoms with Gasteiger partial charge >= 0.3 is 0 Å². The van der Waals surface area contributed by atoms with Crippen LogP contribution in [-0.2, 0) is 12.8 Å². The van der Waals surface area contributed by atoms with Gasteiger partial charge in [0.05, 0.1) is 5.69 Å². The molecule has 0 amide bonds. The molecule has 3 aromatic rings. The molecular formula is C17H18N4S2. The van der Waals surface area contributed by atoms with Crippen LogP contribution in [0, 0.1) is 6.92 Å². The Balaban J connectivity index is 1.46. The van der Waals surface area contributed by atoms with Crippen LogP contribution in [-0.4, -0.2) is 19.7 Å². The fourth-order valence-corrected chi connectivity index (χ4v) is 4.30. The number of thioether (sulfide) groups is 1. The van der Waals surface area contributed by atoms with E-state index in [1.807, 2.05) is 0 Å². The molecule has 1 aliphatic carbocycles. The molecule has 23 heavy (non-hydrogen) atoms. The predicted octanol–water partition coefficient (Wildman–Crippen LogP) is 4.42. The average Bonchev–Trinajstić information content (AvgIpc) is 3.16. The molecule has 6 heteroatoms. The van der Waals surface area contributed by atoms with E-state index >= 15 is 0 Å². The summed E-state index contributed by atoms with van der Waals surface area (Å²) in [6, 6.07) is 8.49. The Hall–Kier alpha value is -1.66. The number of rotatable bonds is 5. The maximum atomic E-state index is 4.76. The molecule has 118 valence electrons. The van der Waals surface area contributed by atoms with Crippen LogP contribution in [0.2, 0.25) is 0 Å². The summed E-state index contributed by atoms with van der Waals surface area (Å²) in [7, 11) is 2.06. The summed E-state index contributed by atoms with van der Waals surface area (Å²) in [5.41, 5.74) is 3.56. The van der Waals surface area contributed by atoms with Crippen molar-refractivity contribution in [2.45, 2.75) is 36.6 Å². The Kier molecular flexibility index (Phi) is 3.95. The van der Waals surface area contributed by atoms with E-state index in [4.69, 9.17) is 4.98 Å². The molecule has 1 aromatic carbocycles. The van der Waals surface area contributed by atoms with Gasteiger partial charge in [0.1, 0.15) is 10.8 Å². The van der Waals surface area contributed by atoms with E-state index in [-0.39, 0.29) is 0 Å². The number of hydrogen-bond acceptors (Lipinski definition) is 5. The number of aryl methyl sites for hydroxylation is 1. The Bertz CT molecular complexity index is 833. The molecule has 0 bridgehead atoms. The zero-order chi connectivity index (χ0) is 15.8. The smallest absolute Gasteiger partial charge is 0.191 e. The summed E-state index contributed by atoms with van der Waals surface area (Å²) < 4.78 is 2.14. The highest BCUT2D eigenvalue weighted by molar-refractivity contribution is 7.98. The number of thiazole rings is 1. The van der Waals surface area contributed by atoms with Crippen molar-refractivity contribution in [3.05, 3.63) is 46.7 Å². The Labute approximate surface area is 144 Å². The van der Waals surface area contributed by atoms with Crippen LogP contribution >= 0.6 is 23.1 Å². The average molecular weight is 342 g/mol. The second-order valence-electron chi connectivity index (χ2n) is 5.98. The van der Waals surface area contributed by atoms with E-state index in [0.717, 1.165) is 27.4 Å². The summed E-state index contributed by atoms with van der Waals surface area (Å²) in [5.74, 6) is 2.60. The van der Waals surface area contributed by atoms with Gasteiger partial charge in [-0.2, -0.15) is 0 Å². The number of benzene rings is 1. The van der Waals surface area contributed by atoms with E-state index in [2.05, 4.69) is 58.4 Å². The van der Waals surface area contributed by atoms with E-state index < -0.39 is 0 Å². The minimum Gasteiger partial charge on any atom is -0.309 e. The van der Waals surface area contributed by atoms with Crippen LogP contribution in [0.1, 0.15) is 35.8 Å². The van der Waals surface area contributed by atoms with Crippen LogP contribution < -0.4 is 0 Å². The normalized spacial score (nSPS) is 14.3. The van der Waals surface area contributed by atoms with Crippen molar-refractivity contribution in [2.24, 2.45) is 7.05 Å². The molecule has 0 saturated heterocycles. The van der Waals surface area contributed by atoms with Gasteiger partial charge in [-0.25, -0.2) is 4.98 Å². The van der Waals surface area contributed by atoms with Crippen molar-refractivity contribution in [3.8, 4) is 10.6 Å². The molecule has 2 heterocycles. The lowest BCUT2D eigenvalue weighted by molar-refractivity contribution is 0.736. The van der Waals surface area contributed by atoms with E-state index in [0.29, 0.717) is 5.92 Å². The third-order valence-electron chi connectivity index (χ3n) is 3.98. The topological polar surface area (TPSA) is 43.6 Å². The second kappa shape index (κ2) is 6.09. The number of aromatic nitrogens is 4. The SMILES string of the molecule is Cc1cccc(-c2nc(CSc3nnc(C4CC4)n3C)cs2)c1. The molecule has 2 aromatic heterocycles. The van der Waals surface area contributed by atoms with Crippen molar-refractivity contribution in [3.63, 3.8) is 0 Å². The molecule has 4 nitrogen and oxygen atoms in total. The molecule has 1 saturated carbocycles. The molecule has 0 N–H and O–H groups in total. The molecule has 0 radical (unpaired) electrons. The molecule has 0 atom stereocenters. The number of nitrogens with zero attached hydrogens (tertiary/aromatic N) is 4. The van der Waals surface area contributed by atoms with Gasteiger partial charge in [0, 0.05) is 29.7 Å². The maximum Gasteiger partial charge on any atom is 0.191 e. The summed E-state index contributed by atoms with van der Waals surface area (Å²) >= 11 is 3.41. The fourth-order valence-electron chi connectivity index (χ4n) is 2.57. The van der Waals surface area contributed by atoms with Gasteiger partial charge in [-0.05, 0) is 25.8 Å². The highest BCUT2D eigenvalue weighted by atomic mass is 32.2. The molecule has 1 aliphatic rings. The van der Waals surface area contributed by atoms with Gasteiger partial charge in [-0.3, -0.25) is 0 Å². The van der Waals surface area contributed by atoms with Crippen LogP contribution in [0.4, 0.5) is 0 Å².